The molecule has 2 rings (SSSR count). The molecule has 1 aliphatic carbocycles. The van der Waals surface area contributed by atoms with Gasteiger partial charge in [-0.3, -0.25) is 4.79 Å². The van der Waals surface area contributed by atoms with Gasteiger partial charge in [-0.1, -0.05) is 6.07 Å². The monoisotopic (exact) mass is 238 g/mol. The Labute approximate surface area is 98.9 Å². The predicted molar refractivity (Wildman–Crippen MR) is 59.9 cm³/mol. The molecule has 1 heterocycles. The van der Waals surface area contributed by atoms with Gasteiger partial charge in [0.2, 0.25) is 5.95 Å². The largest absolute Gasteiger partial charge is 0.393 e. The molecule has 0 saturated heterocycles. The molecule has 1 fully saturated rings. The maximum atomic E-state index is 12.8. The smallest absolute Gasteiger partial charge is 0.270 e. The molecule has 0 atom stereocenters. The highest BCUT2D eigenvalue weighted by molar-refractivity contribution is 5.92. The van der Waals surface area contributed by atoms with E-state index in [0.717, 1.165) is 12.8 Å². The Bertz CT molecular complexity index is 403. The van der Waals surface area contributed by atoms with Crippen molar-refractivity contribution in [2.75, 3.05) is 0 Å². The second kappa shape index (κ2) is 5.23. The number of rotatable bonds is 2. The van der Waals surface area contributed by atoms with Crippen LogP contribution in [-0.2, 0) is 0 Å². The molecule has 1 aromatic heterocycles. The van der Waals surface area contributed by atoms with Crippen molar-refractivity contribution in [1.29, 1.82) is 0 Å². The SMILES string of the molecule is O=C(NC1CCC(O)CC1)c1cccc(F)n1. The van der Waals surface area contributed by atoms with E-state index in [9.17, 15) is 14.3 Å². The number of carbonyl (C=O) groups is 1. The summed E-state index contributed by atoms with van der Waals surface area (Å²) >= 11 is 0. The molecule has 2 N–H and O–H groups in total. The summed E-state index contributed by atoms with van der Waals surface area (Å²) in [6.45, 7) is 0. The molecule has 0 unspecified atom stereocenters. The summed E-state index contributed by atoms with van der Waals surface area (Å²) < 4.78 is 12.8. The first kappa shape index (κ1) is 12.0. The molecule has 0 radical (unpaired) electrons. The molecule has 1 saturated carbocycles. The van der Waals surface area contributed by atoms with Crippen LogP contribution < -0.4 is 5.32 Å². The van der Waals surface area contributed by atoms with Crippen molar-refractivity contribution in [2.45, 2.75) is 37.8 Å². The van der Waals surface area contributed by atoms with Crippen molar-refractivity contribution < 1.29 is 14.3 Å². The molecule has 0 bridgehead atoms. The first-order valence-corrected chi connectivity index (χ1v) is 5.76. The topological polar surface area (TPSA) is 62.2 Å². The molecule has 0 aliphatic heterocycles. The zero-order valence-electron chi connectivity index (χ0n) is 9.40. The number of hydrogen-bond acceptors (Lipinski definition) is 3. The van der Waals surface area contributed by atoms with Gasteiger partial charge in [0.1, 0.15) is 5.69 Å². The number of hydrogen-bond donors (Lipinski definition) is 2. The predicted octanol–water partition coefficient (Wildman–Crippen LogP) is 1.25. The maximum Gasteiger partial charge on any atom is 0.270 e. The fourth-order valence-electron chi connectivity index (χ4n) is 2.01. The number of halogens is 1. The number of aromatic nitrogens is 1. The Balaban J connectivity index is 1.93. The molecule has 1 aliphatic rings. The summed E-state index contributed by atoms with van der Waals surface area (Å²) in [6.07, 6.45) is 2.64. The molecular formula is C12H15FN2O2. The van der Waals surface area contributed by atoms with E-state index in [0.29, 0.717) is 12.8 Å². The lowest BCUT2D eigenvalue weighted by atomic mass is 9.93. The zero-order chi connectivity index (χ0) is 12.3. The van der Waals surface area contributed by atoms with Gasteiger partial charge in [-0.25, -0.2) is 4.98 Å². The molecule has 5 heteroatoms. The Hall–Kier alpha value is -1.49. The standard InChI is InChI=1S/C12H15FN2O2/c13-11-3-1-2-10(15-11)12(17)14-8-4-6-9(16)7-5-8/h1-3,8-9,16H,4-7H2,(H,14,17). The number of amides is 1. The molecule has 4 nitrogen and oxygen atoms in total. The van der Waals surface area contributed by atoms with Crippen LogP contribution in [0.25, 0.3) is 0 Å². The van der Waals surface area contributed by atoms with Crippen LogP contribution in [0.2, 0.25) is 0 Å². The summed E-state index contributed by atoms with van der Waals surface area (Å²) in [5, 5.41) is 12.1. The van der Waals surface area contributed by atoms with Crippen LogP contribution in [0, 0.1) is 5.95 Å². The van der Waals surface area contributed by atoms with Crippen LogP contribution in [0.1, 0.15) is 36.2 Å². The summed E-state index contributed by atoms with van der Waals surface area (Å²) in [7, 11) is 0. The second-order valence-electron chi connectivity index (χ2n) is 4.32. The van der Waals surface area contributed by atoms with Crippen molar-refractivity contribution in [2.24, 2.45) is 0 Å². The Morgan fingerprint density at radius 2 is 2.06 bits per heavy atom. The Morgan fingerprint density at radius 1 is 1.35 bits per heavy atom. The lowest BCUT2D eigenvalue weighted by molar-refractivity contribution is 0.0862. The fraction of sp³-hybridized carbons (Fsp3) is 0.500. The molecule has 0 aromatic carbocycles. The Morgan fingerprint density at radius 3 is 2.71 bits per heavy atom. The quantitative estimate of drug-likeness (QED) is 0.762. The lowest BCUT2D eigenvalue weighted by Crippen LogP contribution is -2.38. The van der Waals surface area contributed by atoms with Crippen LogP contribution in [0.3, 0.4) is 0 Å². The van der Waals surface area contributed by atoms with Gasteiger partial charge in [-0.05, 0) is 37.8 Å². The van der Waals surface area contributed by atoms with Gasteiger partial charge >= 0.3 is 0 Å². The molecule has 17 heavy (non-hydrogen) atoms. The highest BCUT2D eigenvalue weighted by atomic mass is 19.1. The van der Waals surface area contributed by atoms with Gasteiger partial charge in [0.25, 0.3) is 5.91 Å². The summed E-state index contributed by atoms with van der Waals surface area (Å²) in [5.41, 5.74) is 0.0936. The number of aliphatic hydroxyl groups excluding tert-OH is 1. The van der Waals surface area contributed by atoms with E-state index in [4.69, 9.17) is 0 Å². The van der Waals surface area contributed by atoms with Gasteiger partial charge in [-0.2, -0.15) is 4.39 Å². The van der Waals surface area contributed by atoms with E-state index in [1.807, 2.05) is 0 Å². The Kier molecular flexibility index (Phi) is 3.68. The first-order chi connectivity index (χ1) is 8.15. The summed E-state index contributed by atoms with van der Waals surface area (Å²) in [6, 6.07) is 4.20. The van der Waals surface area contributed by atoms with Crippen LogP contribution in [-0.4, -0.2) is 28.1 Å². The van der Waals surface area contributed by atoms with E-state index in [1.54, 1.807) is 0 Å². The first-order valence-electron chi connectivity index (χ1n) is 5.76. The van der Waals surface area contributed by atoms with E-state index in [1.165, 1.54) is 18.2 Å². The van der Waals surface area contributed by atoms with Gasteiger partial charge in [0, 0.05) is 6.04 Å². The van der Waals surface area contributed by atoms with Crippen LogP contribution in [0.4, 0.5) is 4.39 Å². The molecule has 0 spiro atoms. The average Bonchev–Trinajstić information content (AvgIpc) is 2.32. The van der Waals surface area contributed by atoms with Gasteiger partial charge in [0.15, 0.2) is 0 Å². The number of nitrogens with one attached hydrogen (secondary N) is 1. The van der Waals surface area contributed by atoms with Crippen molar-refractivity contribution in [1.82, 2.24) is 10.3 Å². The highest BCUT2D eigenvalue weighted by Crippen LogP contribution is 2.18. The van der Waals surface area contributed by atoms with E-state index in [-0.39, 0.29) is 23.7 Å². The zero-order valence-corrected chi connectivity index (χ0v) is 9.40. The third-order valence-corrected chi connectivity index (χ3v) is 2.98. The maximum absolute atomic E-state index is 12.8. The number of aliphatic hydroxyl groups is 1. The number of pyridine rings is 1. The van der Waals surface area contributed by atoms with Gasteiger partial charge in [0.05, 0.1) is 6.10 Å². The average molecular weight is 238 g/mol. The molecular weight excluding hydrogens is 223 g/mol. The van der Waals surface area contributed by atoms with Gasteiger partial charge < -0.3 is 10.4 Å². The molecule has 1 aromatic rings. The summed E-state index contributed by atoms with van der Waals surface area (Å²) in [4.78, 5) is 15.3. The second-order valence-corrected chi connectivity index (χ2v) is 4.32. The van der Waals surface area contributed by atoms with Crippen molar-refractivity contribution in [3.05, 3.63) is 29.8 Å². The highest BCUT2D eigenvalue weighted by Gasteiger charge is 2.21. The van der Waals surface area contributed by atoms with Crippen molar-refractivity contribution in [3.63, 3.8) is 0 Å². The van der Waals surface area contributed by atoms with E-state index >= 15 is 0 Å². The van der Waals surface area contributed by atoms with E-state index in [2.05, 4.69) is 10.3 Å². The molecule has 1 amide bonds. The third-order valence-electron chi connectivity index (χ3n) is 2.98. The number of nitrogens with zero attached hydrogens (tertiary/aromatic N) is 1. The summed E-state index contributed by atoms with van der Waals surface area (Å²) in [5.74, 6) is -1.01. The minimum atomic E-state index is -0.656. The normalized spacial score (nSPS) is 24.4. The van der Waals surface area contributed by atoms with Crippen molar-refractivity contribution >= 4 is 5.91 Å². The minimum absolute atomic E-state index is 0.0518. The minimum Gasteiger partial charge on any atom is -0.393 e. The van der Waals surface area contributed by atoms with Gasteiger partial charge in [-0.15, -0.1) is 0 Å². The fourth-order valence-corrected chi connectivity index (χ4v) is 2.01. The van der Waals surface area contributed by atoms with Crippen LogP contribution in [0.15, 0.2) is 18.2 Å². The lowest BCUT2D eigenvalue weighted by Gasteiger charge is -2.25. The third kappa shape index (κ3) is 3.23. The van der Waals surface area contributed by atoms with Crippen molar-refractivity contribution in [3.8, 4) is 0 Å². The van der Waals surface area contributed by atoms with Crippen LogP contribution in [0.5, 0.6) is 0 Å². The molecule has 92 valence electrons. The van der Waals surface area contributed by atoms with E-state index < -0.39 is 5.95 Å². The van der Waals surface area contributed by atoms with Crippen LogP contribution >= 0.6 is 0 Å². The number of carbonyl (C=O) groups excluding carboxylic acids is 1.